The third-order valence-electron chi connectivity index (χ3n) is 1.53. The molecular formula is C9H18O4. The van der Waals surface area contributed by atoms with Gasteiger partial charge in [0.1, 0.15) is 0 Å². The molecule has 1 atom stereocenters. The predicted molar refractivity (Wildman–Crippen MR) is 48.3 cm³/mol. The zero-order valence-electron chi connectivity index (χ0n) is 8.41. The summed E-state index contributed by atoms with van der Waals surface area (Å²) in [5.74, 6) is -1.91. The van der Waals surface area contributed by atoms with Crippen LogP contribution in [0.2, 0.25) is 0 Å². The lowest BCUT2D eigenvalue weighted by Crippen LogP contribution is -2.30. The molecule has 0 rings (SSSR count). The Balaban J connectivity index is 3.72. The number of ether oxygens (including phenoxy) is 1. The van der Waals surface area contributed by atoms with Crippen molar-refractivity contribution in [2.24, 2.45) is 5.92 Å². The first-order valence-corrected chi connectivity index (χ1v) is 4.41. The standard InChI is InChI=1S/C9H18O4/c1-7(2)6-13-9(3,12)5-4-8(10)11/h7,12H,4-6H2,1-3H3,(H,10,11). The quantitative estimate of drug-likeness (QED) is 0.618. The molecule has 0 heterocycles. The van der Waals surface area contributed by atoms with Gasteiger partial charge in [0.25, 0.3) is 0 Å². The summed E-state index contributed by atoms with van der Waals surface area (Å²) >= 11 is 0. The van der Waals surface area contributed by atoms with E-state index in [1.54, 1.807) is 0 Å². The molecular weight excluding hydrogens is 172 g/mol. The van der Waals surface area contributed by atoms with Gasteiger partial charge in [-0.15, -0.1) is 0 Å². The molecule has 0 radical (unpaired) electrons. The Morgan fingerprint density at radius 2 is 2.08 bits per heavy atom. The summed E-state index contributed by atoms with van der Waals surface area (Å²) < 4.78 is 5.13. The zero-order chi connectivity index (χ0) is 10.5. The molecule has 0 aliphatic rings. The average molecular weight is 190 g/mol. The van der Waals surface area contributed by atoms with E-state index in [1.165, 1.54) is 6.92 Å². The minimum absolute atomic E-state index is 0.0783. The first kappa shape index (κ1) is 12.4. The molecule has 0 aromatic carbocycles. The van der Waals surface area contributed by atoms with Crippen LogP contribution in [0.5, 0.6) is 0 Å². The lowest BCUT2D eigenvalue weighted by atomic mass is 10.1. The number of aliphatic hydroxyl groups is 1. The zero-order valence-corrected chi connectivity index (χ0v) is 8.41. The summed E-state index contributed by atoms with van der Waals surface area (Å²) in [6, 6.07) is 0. The summed E-state index contributed by atoms with van der Waals surface area (Å²) in [7, 11) is 0. The SMILES string of the molecule is CC(C)COC(C)(O)CCC(=O)O. The van der Waals surface area contributed by atoms with Crippen LogP contribution in [0.3, 0.4) is 0 Å². The summed E-state index contributed by atoms with van der Waals surface area (Å²) in [4.78, 5) is 10.2. The summed E-state index contributed by atoms with van der Waals surface area (Å²) in [6.45, 7) is 5.85. The van der Waals surface area contributed by atoms with Crippen molar-refractivity contribution in [2.45, 2.75) is 39.4 Å². The van der Waals surface area contributed by atoms with Crippen LogP contribution in [0.25, 0.3) is 0 Å². The number of carbonyl (C=O) groups is 1. The Labute approximate surface area is 78.5 Å². The third kappa shape index (κ3) is 7.74. The van der Waals surface area contributed by atoms with E-state index in [0.717, 1.165) is 0 Å². The topological polar surface area (TPSA) is 66.8 Å². The van der Waals surface area contributed by atoms with E-state index in [2.05, 4.69) is 0 Å². The highest BCUT2D eigenvalue weighted by Crippen LogP contribution is 2.14. The Morgan fingerprint density at radius 1 is 1.54 bits per heavy atom. The molecule has 13 heavy (non-hydrogen) atoms. The van der Waals surface area contributed by atoms with Gasteiger partial charge in [-0.1, -0.05) is 13.8 Å². The van der Waals surface area contributed by atoms with E-state index in [4.69, 9.17) is 9.84 Å². The highest BCUT2D eigenvalue weighted by molar-refractivity contribution is 5.66. The first-order valence-electron chi connectivity index (χ1n) is 4.41. The molecule has 4 nitrogen and oxygen atoms in total. The molecule has 78 valence electrons. The van der Waals surface area contributed by atoms with Crippen LogP contribution >= 0.6 is 0 Å². The van der Waals surface area contributed by atoms with Crippen molar-refractivity contribution in [3.05, 3.63) is 0 Å². The maximum atomic E-state index is 10.2. The fraction of sp³-hybridized carbons (Fsp3) is 0.889. The predicted octanol–water partition coefficient (Wildman–Crippen LogP) is 1.23. The first-order chi connectivity index (χ1) is 5.83. The lowest BCUT2D eigenvalue weighted by molar-refractivity contribution is -0.201. The highest BCUT2D eigenvalue weighted by Gasteiger charge is 2.22. The van der Waals surface area contributed by atoms with Crippen molar-refractivity contribution >= 4 is 5.97 Å². The normalized spacial score (nSPS) is 15.8. The molecule has 0 spiro atoms. The minimum Gasteiger partial charge on any atom is -0.481 e. The van der Waals surface area contributed by atoms with Gasteiger partial charge in [-0.2, -0.15) is 0 Å². The Kier molecular flexibility index (Phi) is 4.95. The van der Waals surface area contributed by atoms with E-state index < -0.39 is 11.8 Å². The van der Waals surface area contributed by atoms with Crippen LogP contribution in [0.4, 0.5) is 0 Å². The fourth-order valence-corrected chi connectivity index (χ4v) is 0.757. The highest BCUT2D eigenvalue weighted by atomic mass is 16.6. The number of hydrogen-bond donors (Lipinski definition) is 2. The second-order valence-corrected chi connectivity index (χ2v) is 3.77. The van der Waals surface area contributed by atoms with Gasteiger partial charge in [-0.25, -0.2) is 0 Å². The summed E-state index contributed by atoms with van der Waals surface area (Å²) in [6.07, 6.45) is 0.0418. The molecule has 0 fully saturated rings. The van der Waals surface area contributed by atoms with Crippen LogP contribution < -0.4 is 0 Å². The van der Waals surface area contributed by atoms with E-state index >= 15 is 0 Å². The van der Waals surface area contributed by atoms with Crippen molar-refractivity contribution in [1.82, 2.24) is 0 Å². The maximum absolute atomic E-state index is 10.2. The van der Waals surface area contributed by atoms with Crippen LogP contribution in [0.15, 0.2) is 0 Å². The molecule has 0 aromatic rings. The molecule has 0 aromatic heterocycles. The smallest absolute Gasteiger partial charge is 0.303 e. The second-order valence-electron chi connectivity index (χ2n) is 3.77. The van der Waals surface area contributed by atoms with Crippen LogP contribution in [-0.2, 0) is 9.53 Å². The summed E-state index contributed by atoms with van der Waals surface area (Å²) in [5, 5.41) is 17.9. The van der Waals surface area contributed by atoms with Crippen LogP contribution in [0, 0.1) is 5.92 Å². The van der Waals surface area contributed by atoms with Crippen molar-refractivity contribution in [3.8, 4) is 0 Å². The second kappa shape index (κ2) is 5.19. The molecule has 0 aliphatic heterocycles. The van der Waals surface area contributed by atoms with Crippen molar-refractivity contribution in [1.29, 1.82) is 0 Å². The molecule has 2 N–H and O–H groups in total. The number of rotatable bonds is 6. The molecule has 1 unspecified atom stereocenters. The van der Waals surface area contributed by atoms with Crippen molar-refractivity contribution in [2.75, 3.05) is 6.61 Å². The number of carboxylic acid groups (broad SMARTS) is 1. The molecule has 0 aliphatic carbocycles. The van der Waals surface area contributed by atoms with Crippen molar-refractivity contribution < 1.29 is 19.7 Å². The number of hydrogen-bond acceptors (Lipinski definition) is 3. The van der Waals surface area contributed by atoms with Crippen LogP contribution in [0.1, 0.15) is 33.6 Å². The van der Waals surface area contributed by atoms with Gasteiger partial charge < -0.3 is 14.9 Å². The van der Waals surface area contributed by atoms with Gasteiger partial charge in [-0.05, 0) is 12.8 Å². The van der Waals surface area contributed by atoms with E-state index in [1.807, 2.05) is 13.8 Å². The molecule has 4 heteroatoms. The Hall–Kier alpha value is -0.610. The van der Waals surface area contributed by atoms with E-state index in [0.29, 0.717) is 12.5 Å². The van der Waals surface area contributed by atoms with Gasteiger partial charge in [0.2, 0.25) is 0 Å². The van der Waals surface area contributed by atoms with Gasteiger partial charge in [0.15, 0.2) is 5.79 Å². The Bertz CT molecular complexity index is 163. The van der Waals surface area contributed by atoms with E-state index in [-0.39, 0.29) is 12.8 Å². The Morgan fingerprint density at radius 3 is 2.46 bits per heavy atom. The monoisotopic (exact) mass is 190 g/mol. The molecule has 0 saturated carbocycles. The molecule has 0 saturated heterocycles. The number of carboxylic acids is 1. The fourth-order valence-electron chi connectivity index (χ4n) is 0.757. The van der Waals surface area contributed by atoms with Crippen molar-refractivity contribution in [3.63, 3.8) is 0 Å². The van der Waals surface area contributed by atoms with Gasteiger partial charge in [0.05, 0.1) is 13.0 Å². The van der Waals surface area contributed by atoms with Gasteiger partial charge in [-0.3, -0.25) is 4.79 Å². The maximum Gasteiger partial charge on any atom is 0.303 e. The molecule has 0 bridgehead atoms. The third-order valence-corrected chi connectivity index (χ3v) is 1.53. The lowest BCUT2D eigenvalue weighted by Gasteiger charge is -2.24. The minimum atomic E-state index is -1.32. The average Bonchev–Trinajstić information content (AvgIpc) is 1.98. The van der Waals surface area contributed by atoms with Gasteiger partial charge in [0, 0.05) is 6.42 Å². The van der Waals surface area contributed by atoms with Crippen LogP contribution in [-0.4, -0.2) is 28.6 Å². The van der Waals surface area contributed by atoms with Gasteiger partial charge >= 0.3 is 5.97 Å². The largest absolute Gasteiger partial charge is 0.481 e. The summed E-state index contributed by atoms with van der Waals surface area (Å²) in [5.41, 5.74) is 0. The van der Waals surface area contributed by atoms with E-state index in [9.17, 15) is 9.90 Å². The molecule has 0 amide bonds. The number of aliphatic carboxylic acids is 1.